The van der Waals surface area contributed by atoms with E-state index < -0.39 is 5.25 Å². The number of rotatable bonds is 4. The molecule has 0 aliphatic heterocycles. The van der Waals surface area contributed by atoms with Crippen LogP contribution in [0.15, 0.2) is 35.4 Å². The van der Waals surface area contributed by atoms with Gasteiger partial charge in [-0.05, 0) is 42.9 Å². The van der Waals surface area contributed by atoms with Crippen LogP contribution in [0.1, 0.15) is 39.6 Å². The number of thioether (sulfide) groups is 1. The van der Waals surface area contributed by atoms with Crippen LogP contribution in [0.5, 0.6) is 0 Å². The van der Waals surface area contributed by atoms with Crippen molar-refractivity contribution in [3.63, 3.8) is 0 Å². The summed E-state index contributed by atoms with van der Waals surface area (Å²) in [5.41, 5.74) is 4.86. The first-order valence-corrected chi connectivity index (χ1v) is 9.26. The molecule has 25 heavy (non-hydrogen) atoms. The number of likely N-dealkylation sites (N-methyl/N-ethyl adjacent to an activating group) is 1. The van der Waals surface area contributed by atoms with E-state index >= 15 is 0 Å². The van der Waals surface area contributed by atoms with Crippen LogP contribution in [0.25, 0.3) is 0 Å². The Morgan fingerprint density at radius 1 is 1.28 bits per heavy atom. The predicted molar refractivity (Wildman–Crippen MR) is 99.4 cm³/mol. The van der Waals surface area contributed by atoms with Crippen molar-refractivity contribution in [2.24, 2.45) is 0 Å². The van der Waals surface area contributed by atoms with Gasteiger partial charge in [0.2, 0.25) is 5.91 Å². The van der Waals surface area contributed by atoms with E-state index in [0.29, 0.717) is 10.6 Å². The van der Waals surface area contributed by atoms with E-state index in [0.717, 1.165) is 36.1 Å². The molecule has 1 atom stereocenters. The number of fused-ring (bicyclic) bond motifs is 1. The lowest BCUT2D eigenvalue weighted by molar-refractivity contribution is -0.128. The second-order valence-electron chi connectivity index (χ2n) is 6.45. The average molecular weight is 351 g/mol. The maximum absolute atomic E-state index is 12.8. The SMILES string of the molecule is Cc1c(C#N)c(SC(C(=O)N(C)C)c2ccccc2)nc2c1CCC2. The molecule has 0 radical (unpaired) electrons. The topological polar surface area (TPSA) is 57.0 Å². The van der Waals surface area contributed by atoms with Crippen molar-refractivity contribution in [3.05, 3.63) is 58.3 Å². The van der Waals surface area contributed by atoms with E-state index in [1.54, 1.807) is 19.0 Å². The van der Waals surface area contributed by atoms with Gasteiger partial charge >= 0.3 is 0 Å². The number of benzene rings is 1. The van der Waals surface area contributed by atoms with Gasteiger partial charge in [-0.2, -0.15) is 5.26 Å². The zero-order valence-electron chi connectivity index (χ0n) is 14.7. The van der Waals surface area contributed by atoms with Crippen LogP contribution in [0.2, 0.25) is 0 Å². The van der Waals surface area contributed by atoms with Crippen molar-refractivity contribution in [1.82, 2.24) is 9.88 Å². The molecule has 1 heterocycles. The summed E-state index contributed by atoms with van der Waals surface area (Å²) in [7, 11) is 3.51. The minimum atomic E-state index is -0.408. The molecule has 3 rings (SSSR count). The number of aromatic nitrogens is 1. The first-order valence-electron chi connectivity index (χ1n) is 8.38. The average Bonchev–Trinajstić information content (AvgIpc) is 3.08. The van der Waals surface area contributed by atoms with Crippen LogP contribution >= 0.6 is 11.8 Å². The Balaban J connectivity index is 2.05. The maximum Gasteiger partial charge on any atom is 0.240 e. The Kier molecular flexibility index (Phi) is 5.10. The second kappa shape index (κ2) is 7.28. The third kappa shape index (κ3) is 3.40. The molecule has 1 aromatic heterocycles. The predicted octanol–water partition coefficient (Wildman–Crippen LogP) is 3.67. The van der Waals surface area contributed by atoms with E-state index in [1.165, 1.54) is 17.3 Å². The maximum atomic E-state index is 12.8. The molecule has 0 N–H and O–H groups in total. The monoisotopic (exact) mass is 351 g/mol. The normalized spacial score (nSPS) is 13.8. The Bertz CT molecular complexity index is 840. The molecule has 4 nitrogen and oxygen atoms in total. The molecule has 0 saturated carbocycles. The summed E-state index contributed by atoms with van der Waals surface area (Å²) in [6.45, 7) is 2.00. The highest BCUT2D eigenvalue weighted by Crippen LogP contribution is 2.39. The lowest BCUT2D eigenvalue weighted by Gasteiger charge is -2.21. The molecule has 0 saturated heterocycles. The number of carbonyl (C=O) groups excluding carboxylic acids is 1. The number of nitriles is 1. The molecule has 128 valence electrons. The van der Waals surface area contributed by atoms with Crippen LogP contribution in [-0.2, 0) is 17.6 Å². The van der Waals surface area contributed by atoms with Crippen molar-refractivity contribution in [2.45, 2.75) is 36.5 Å². The van der Waals surface area contributed by atoms with E-state index in [1.807, 2.05) is 37.3 Å². The molecule has 2 aromatic rings. The summed E-state index contributed by atoms with van der Waals surface area (Å²) in [5, 5.41) is 9.93. The highest BCUT2D eigenvalue weighted by atomic mass is 32.2. The number of pyridine rings is 1. The van der Waals surface area contributed by atoms with E-state index in [2.05, 4.69) is 6.07 Å². The van der Waals surface area contributed by atoms with Crippen molar-refractivity contribution >= 4 is 17.7 Å². The summed E-state index contributed by atoms with van der Waals surface area (Å²) in [5.74, 6) is 0.0000383. The molecular weight excluding hydrogens is 330 g/mol. The van der Waals surface area contributed by atoms with Gasteiger partial charge in [-0.1, -0.05) is 42.1 Å². The van der Waals surface area contributed by atoms with Crippen LogP contribution in [0.4, 0.5) is 0 Å². The largest absolute Gasteiger partial charge is 0.348 e. The van der Waals surface area contributed by atoms with Crippen LogP contribution in [0, 0.1) is 18.3 Å². The zero-order chi connectivity index (χ0) is 18.0. The molecule has 1 aromatic carbocycles. The summed E-state index contributed by atoms with van der Waals surface area (Å²) in [4.78, 5) is 19.1. The van der Waals surface area contributed by atoms with Gasteiger partial charge in [-0.3, -0.25) is 4.79 Å². The Hall–Kier alpha value is -2.32. The fourth-order valence-corrected chi connectivity index (χ4v) is 4.50. The number of nitrogens with zero attached hydrogens (tertiary/aromatic N) is 3. The molecule has 1 unspecified atom stereocenters. The Morgan fingerprint density at radius 3 is 2.64 bits per heavy atom. The molecule has 0 spiro atoms. The van der Waals surface area contributed by atoms with Crippen molar-refractivity contribution < 1.29 is 4.79 Å². The van der Waals surface area contributed by atoms with Gasteiger partial charge in [-0.15, -0.1) is 0 Å². The summed E-state index contributed by atoms with van der Waals surface area (Å²) in [6.07, 6.45) is 3.03. The van der Waals surface area contributed by atoms with Gasteiger partial charge in [-0.25, -0.2) is 4.98 Å². The molecule has 1 amide bonds. The van der Waals surface area contributed by atoms with Gasteiger partial charge < -0.3 is 4.90 Å². The Labute approximate surface area is 152 Å². The molecular formula is C20H21N3OS. The number of amides is 1. The van der Waals surface area contributed by atoms with E-state index in [-0.39, 0.29) is 5.91 Å². The van der Waals surface area contributed by atoms with Gasteiger partial charge in [0.15, 0.2) is 0 Å². The van der Waals surface area contributed by atoms with E-state index in [4.69, 9.17) is 4.98 Å². The third-order valence-corrected chi connectivity index (χ3v) is 5.80. The highest BCUT2D eigenvalue weighted by molar-refractivity contribution is 8.00. The minimum absolute atomic E-state index is 0.0000383. The van der Waals surface area contributed by atoms with Crippen molar-refractivity contribution in [2.75, 3.05) is 14.1 Å². The van der Waals surface area contributed by atoms with Gasteiger partial charge in [0.25, 0.3) is 0 Å². The zero-order valence-corrected chi connectivity index (χ0v) is 15.6. The first-order chi connectivity index (χ1) is 12.0. The lowest BCUT2D eigenvalue weighted by Crippen LogP contribution is -2.26. The third-order valence-electron chi connectivity index (χ3n) is 4.58. The summed E-state index contributed by atoms with van der Waals surface area (Å²) in [6, 6.07) is 12.0. The standard InChI is InChI=1S/C20H21N3OS/c1-13-15-10-7-11-17(15)22-19(16(13)12-21)25-18(20(24)23(2)3)14-8-5-4-6-9-14/h4-6,8-9,18H,7,10-11H2,1-3H3. The van der Waals surface area contributed by atoms with Gasteiger partial charge in [0.1, 0.15) is 16.3 Å². The highest BCUT2D eigenvalue weighted by Gasteiger charge is 2.28. The van der Waals surface area contributed by atoms with Crippen LogP contribution < -0.4 is 0 Å². The fraction of sp³-hybridized carbons (Fsp3) is 0.350. The smallest absolute Gasteiger partial charge is 0.240 e. The number of carbonyl (C=O) groups is 1. The number of hydrogen-bond acceptors (Lipinski definition) is 4. The second-order valence-corrected chi connectivity index (χ2v) is 7.54. The molecule has 0 bridgehead atoms. The number of hydrogen-bond donors (Lipinski definition) is 0. The van der Waals surface area contributed by atoms with Crippen LogP contribution in [-0.4, -0.2) is 29.9 Å². The fourth-order valence-electron chi connectivity index (χ4n) is 3.20. The first kappa shape index (κ1) is 17.5. The van der Waals surface area contributed by atoms with Gasteiger partial charge in [0.05, 0.1) is 5.56 Å². The van der Waals surface area contributed by atoms with E-state index in [9.17, 15) is 10.1 Å². The molecule has 0 fully saturated rings. The van der Waals surface area contributed by atoms with Crippen molar-refractivity contribution in [3.8, 4) is 6.07 Å². The molecule has 1 aliphatic carbocycles. The van der Waals surface area contributed by atoms with Gasteiger partial charge in [0, 0.05) is 19.8 Å². The summed E-state index contributed by atoms with van der Waals surface area (Å²) >= 11 is 1.38. The van der Waals surface area contributed by atoms with Crippen LogP contribution in [0.3, 0.4) is 0 Å². The summed E-state index contributed by atoms with van der Waals surface area (Å²) < 4.78 is 0. The Morgan fingerprint density at radius 2 is 2.00 bits per heavy atom. The minimum Gasteiger partial charge on any atom is -0.348 e. The lowest BCUT2D eigenvalue weighted by atomic mass is 10.0. The quantitative estimate of drug-likeness (QED) is 0.789. The molecule has 1 aliphatic rings. The molecule has 5 heteroatoms. The number of aryl methyl sites for hydroxylation is 1. The van der Waals surface area contributed by atoms with Crippen molar-refractivity contribution in [1.29, 1.82) is 5.26 Å².